The van der Waals surface area contributed by atoms with Crippen molar-refractivity contribution in [3.05, 3.63) is 0 Å². The zero-order chi connectivity index (χ0) is 51.3. The van der Waals surface area contributed by atoms with Gasteiger partial charge in [-0.15, -0.1) is 0 Å². The van der Waals surface area contributed by atoms with Crippen LogP contribution in [0.2, 0.25) is 0 Å². The molecule has 8 aliphatic rings. The Morgan fingerprint density at radius 2 is 0.972 bits per heavy atom. The molecule has 0 aliphatic heterocycles. The highest BCUT2D eigenvalue weighted by Crippen LogP contribution is 2.71. The molecule has 0 spiro atoms. The van der Waals surface area contributed by atoms with Crippen LogP contribution in [0.3, 0.4) is 0 Å². The van der Waals surface area contributed by atoms with Crippen LogP contribution in [0.25, 0.3) is 0 Å². The molecule has 8 rings (SSSR count). The summed E-state index contributed by atoms with van der Waals surface area (Å²) in [6.07, 6.45) is 28.3. The first-order valence-electron chi connectivity index (χ1n) is 29.4. The van der Waals surface area contributed by atoms with Crippen molar-refractivity contribution in [2.45, 2.75) is 227 Å². The third kappa shape index (κ3) is 11.9. The summed E-state index contributed by atoms with van der Waals surface area (Å²) >= 11 is 0. The third-order valence-corrected chi connectivity index (χ3v) is 25.6. The summed E-state index contributed by atoms with van der Waals surface area (Å²) < 4.78 is 62.4. The zero-order valence-corrected chi connectivity index (χ0v) is 46.6. The Morgan fingerprint density at radius 1 is 0.535 bits per heavy atom. The van der Waals surface area contributed by atoms with E-state index in [9.17, 15) is 36.6 Å². The van der Waals surface area contributed by atoms with Crippen molar-refractivity contribution in [1.82, 2.24) is 5.32 Å². The van der Waals surface area contributed by atoms with Gasteiger partial charge in [0, 0.05) is 25.8 Å². The number of carbonyl (C=O) groups excluding carboxylic acids is 2. The van der Waals surface area contributed by atoms with E-state index in [1.807, 2.05) is 0 Å². The molecule has 5 N–H and O–H groups in total. The lowest BCUT2D eigenvalue weighted by Crippen LogP contribution is -2.58. The van der Waals surface area contributed by atoms with Gasteiger partial charge >= 0.3 is 0 Å². The Morgan fingerprint density at radius 3 is 1.44 bits per heavy atom. The zero-order valence-electron chi connectivity index (χ0n) is 45.0. The van der Waals surface area contributed by atoms with Crippen LogP contribution in [0.1, 0.15) is 215 Å². The highest BCUT2D eigenvalue weighted by Gasteiger charge is 2.64. The predicted molar refractivity (Wildman–Crippen MR) is 280 cm³/mol. The van der Waals surface area contributed by atoms with Gasteiger partial charge in [0.25, 0.3) is 20.2 Å². The van der Waals surface area contributed by atoms with Gasteiger partial charge < -0.3 is 15.5 Å². The number of hydrogen-bond donors (Lipinski definition) is 5. The van der Waals surface area contributed by atoms with Crippen LogP contribution in [-0.2, 0) is 29.8 Å². The maximum atomic E-state index is 12.6. The first-order chi connectivity index (χ1) is 33.4. The molecule has 71 heavy (non-hydrogen) atoms. The molecule has 0 bridgehead atoms. The van der Waals surface area contributed by atoms with E-state index in [0.717, 1.165) is 43.9 Å². The van der Waals surface area contributed by atoms with Crippen LogP contribution < -0.4 is 5.32 Å². The van der Waals surface area contributed by atoms with Crippen molar-refractivity contribution < 1.29 is 45.7 Å². The molecule has 11 nitrogen and oxygen atoms in total. The van der Waals surface area contributed by atoms with Gasteiger partial charge in [0.15, 0.2) is 0 Å². The van der Waals surface area contributed by atoms with Crippen molar-refractivity contribution in [2.75, 3.05) is 18.1 Å². The van der Waals surface area contributed by atoms with Crippen LogP contribution in [0.4, 0.5) is 0 Å². The second-order valence-corrected chi connectivity index (χ2v) is 30.7. The first kappa shape index (κ1) is 56.1. The van der Waals surface area contributed by atoms with Crippen LogP contribution >= 0.6 is 0 Å². The molecule has 0 radical (unpaired) electrons. The van der Waals surface area contributed by atoms with Gasteiger partial charge in [0.1, 0.15) is 5.78 Å². The number of carbonyl (C=O) groups is 2. The van der Waals surface area contributed by atoms with Crippen LogP contribution in [0, 0.1) is 105 Å². The van der Waals surface area contributed by atoms with Crippen LogP contribution in [-0.4, -0.2) is 78.1 Å². The maximum absolute atomic E-state index is 12.6. The van der Waals surface area contributed by atoms with E-state index < -0.39 is 26.0 Å². The molecular formula is C58H99NO10S2. The van der Waals surface area contributed by atoms with Gasteiger partial charge in [-0.3, -0.25) is 18.7 Å². The smallest absolute Gasteiger partial charge is 0.266 e. The van der Waals surface area contributed by atoms with E-state index in [1.54, 1.807) is 0 Å². The Labute approximate surface area is 430 Å². The monoisotopic (exact) mass is 1030 g/mol. The quantitative estimate of drug-likeness (QED) is 0.0545. The fourth-order valence-corrected chi connectivity index (χ4v) is 21.1. The molecule has 1 amide bonds. The second-order valence-electron chi connectivity index (χ2n) is 27.6. The topological polar surface area (TPSA) is 195 Å². The largest absolute Gasteiger partial charge is 0.393 e. The van der Waals surface area contributed by atoms with Crippen molar-refractivity contribution >= 4 is 31.9 Å². The number of nitrogens with one attached hydrogen (secondary N) is 1. The van der Waals surface area contributed by atoms with E-state index in [-0.39, 0.29) is 59.9 Å². The number of Topliss-reactive ketones (excluding diaryl/α,β-unsaturated/α-hetero) is 1. The molecule has 8 saturated carbocycles. The van der Waals surface area contributed by atoms with Gasteiger partial charge in [0.05, 0.1) is 23.7 Å². The molecular weight excluding hydrogens is 935 g/mol. The minimum atomic E-state index is -4.09. The highest BCUT2D eigenvalue weighted by molar-refractivity contribution is 7.86. The molecule has 2 unspecified atom stereocenters. The molecule has 0 saturated heterocycles. The molecule has 0 aromatic rings. The number of unbranched alkanes of at least 4 members (excludes halogenated alkanes) is 2. The summed E-state index contributed by atoms with van der Waals surface area (Å²) in [5, 5.41) is 26.8. The molecule has 0 heterocycles. The summed E-state index contributed by atoms with van der Waals surface area (Å²) in [5.74, 6) is 6.77. The number of ketones is 1. The van der Waals surface area contributed by atoms with Crippen molar-refractivity contribution in [1.29, 1.82) is 0 Å². The molecule has 0 aromatic heterocycles. The number of hydrogen-bond acceptors (Lipinski definition) is 8. The van der Waals surface area contributed by atoms with E-state index >= 15 is 0 Å². The molecule has 20 atom stereocenters. The van der Waals surface area contributed by atoms with Gasteiger partial charge in [-0.05, 0) is 227 Å². The minimum Gasteiger partial charge on any atom is -0.393 e. The molecule has 0 aromatic carbocycles. The lowest BCUT2D eigenvalue weighted by molar-refractivity contribution is -0.170. The summed E-state index contributed by atoms with van der Waals surface area (Å²) in [5.41, 5.74) is 0.999. The minimum absolute atomic E-state index is 0.0659. The summed E-state index contributed by atoms with van der Waals surface area (Å²) in [4.78, 5) is 25.2. The van der Waals surface area contributed by atoms with Gasteiger partial charge in [-0.25, -0.2) is 0 Å². The summed E-state index contributed by atoms with van der Waals surface area (Å²) in [6.45, 7) is 14.7. The average molecular weight is 1030 g/mol. The number of rotatable bonds is 21. The van der Waals surface area contributed by atoms with Gasteiger partial charge in [-0.2, -0.15) is 16.8 Å². The third-order valence-electron chi connectivity index (χ3n) is 24.1. The molecule has 8 fully saturated rings. The fraction of sp³-hybridized carbons (Fsp3) is 0.966. The number of amides is 1. The van der Waals surface area contributed by atoms with E-state index in [0.29, 0.717) is 94.7 Å². The Bertz CT molecular complexity index is 1940. The van der Waals surface area contributed by atoms with Crippen LogP contribution in [0.5, 0.6) is 0 Å². The maximum Gasteiger partial charge on any atom is 0.266 e. The molecule has 13 heteroatoms. The van der Waals surface area contributed by atoms with E-state index in [4.69, 9.17) is 9.11 Å². The summed E-state index contributed by atoms with van der Waals surface area (Å²) in [6, 6.07) is 0. The van der Waals surface area contributed by atoms with Crippen molar-refractivity contribution in [2.24, 2.45) is 105 Å². The SMILES string of the molecule is C[C@H](CCC(=O)NCCS(=O)(=O)O)[C@H]1CC[C@H]2[C@@H]3[C@@H](O)CC4C[C@H](CCCCC[C@@H]5CC[C@@]6(C)C(C5)C[C@H](O)[C@H]5[C@@H]7CC[C@H]([C@@H](C)CCC(=O)CCCS(=O)(=O)O)[C@@]7(C)CC[C@@H]56)CC[C@]4(C)[C@H]3CC[C@]12C. The Kier molecular flexibility index (Phi) is 17.4. The van der Waals surface area contributed by atoms with E-state index in [1.165, 1.54) is 116 Å². The van der Waals surface area contributed by atoms with Crippen molar-refractivity contribution in [3.63, 3.8) is 0 Å². The Hall–Kier alpha value is -1.12. The average Bonchev–Trinajstić information content (AvgIpc) is 3.84. The fourth-order valence-electron chi connectivity index (χ4n) is 20.3. The number of aliphatic hydroxyl groups excluding tert-OH is 2. The number of aliphatic hydroxyl groups is 2. The number of fused-ring (bicyclic) bond motifs is 10. The van der Waals surface area contributed by atoms with Crippen LogP contribution in [0.15, 0.2) is 0 Å². The van der Waals surface area contributed by atoms with E-state index in [2.05, 4.69) is 46.9 Å². The Balaban J connectivity index is 0.752. The molecule has 408 valence electrons. The van der Waals surface area contributed by atoms with Crippen molar-refractivity contribution in [3.8, 4) is 0 Å². The normalized spacial score (nSPS) is 44.0. The molecule has 8 aliphatic carbocycles. The second kappa shape index (κ2) is 22.1. The summed E-state index contributed by atoms with van der Waals surface area (Å²) in [7, 11) is -8.13. The first-order valence-corrected chi connectivity index (χ1v) is 32.6. The lowest BCUT2D eigenvalue weighted by Gasteiger charge is -2.63. The predicted octanol–water partition coefficient (Wildman–Crippen LogP) is 11.5. The van der Waals surface area contributed by atoms with Gasteiger partial charge in [-0.1, -0.05) is 73.6 Å². The lowest BCUT2D eigenvalue weighted by atomic mass is 9.43. The van der Waals surface area contributed by atoms with Gasteiger partial charge in [0.2, 0.25) is 5.91 Å². The highest BCUT2D eigenvalue weighted by atomic mass is 32.2. The standard InChI is InChI=1S/C58H99NO10S2/c1-37(14-16-43(60)13-10-31-70(64,65)66)44-17-19-46-53-48(24-28-57(44,46)5)55(3)26-22-39(33-41(55)35-50(53)61)11-8-7-9-12-40-23-27-56(4)42(34-40)36-51(62)54-47-20-18-45(58(47,6)29-25-49(54)56)38(2)15-21-52(63)59-30-32-71(67,68)69/h37-42,44-51,53-54,61-62H,7-36H2,1-6H3,(H,59,63)(H,64,65,66)(H,67,68,69)/t37-,38+,39+,40+,41?,42?,44+,45+,46-,47-,48-,49-,50-,51-,53-,54-,55-,56-,57+,58+/m0/s1.